The molecule has 1 aliphatic rings. The Balaban J connectivity index is 2.00. The fourth-order valence-electron chi connectivity index (χ4n) is 1.67. The summed E-state index contributed by atoms with van der Waals surface area (Å²) in [5.74, 6) is 1.16. The SMILES string of the molecule is COc1ccc(O[C@H]2OC[C@@H](O)[C@H](O)[C@H]2O)cc1. The molecule has 2 rings (SSSR count). The van der Waals surface area contributed by atoms with Crippen molar-refractivity contribution in [3.8, 4) is 11.5 Å². The Morgan fingerprint density at radius 2 is 1.67 bits per heavy atom. The predicted molar refractivity (Wildman–Crippen MR) is 61.4 cm³/mol. The van der Waals surface area contributed by atoms with Gasteiger partial charge in [0, 0.05) is 0 Å². The molecule has 100 valence electrons. The van der Waals surface area contributed by atoms with E-state index in [0.717, 1.165) is 0 Å². The Kier molecular flexibility index (Phi) is 4.03. The maximum absolute atomic E-state index is 9.69. The summed E-state index contributed by atoms with van der Waals surface area (Å²) in [6, 6.07) is 6.73. The molecule has 0 aromatic heterocycles. The van der Waals surface area contributed by atoms with Gasteiger partial charge in [0.25, 0.3) is 0 Å². The van der Waals surface area contributed by atoms with Crippen LogP contribution >= 0.6 is 0 Å². The average molecular weight is 256 g/mol. The minimum absolute atomic E-state index is 0.0843. The number of aliphatic hydroxyl groups is 3. The first-order valence-corrected chi connectivity index (χ1v) is 5.58. The Hall–Kier alpha value is -1.34. The van der Waals surface area contributed by atoms with Gasteiger partial charge in [-0.2, -0.15) is 0 Å². The molecule has 0 saturated carbocycles. The molecule has 0 amide bonds. The van der Waals surface area contributed by atoms with E-state index in [1.54, 1.807) is 31.4 Å². The zero-order chi connectivity index (χ0) is 13.1. The van der Waals surface area contributed by atoms with Gasteiger partial charge >= 0.3 is 0 Å². The molecule has 0 unspecified atom stereocenters. The van der Waals surface area contributed by atoms with Crippen LogP contribution in [0.2, 0.25) is 0 Å². The molecular weight excluding hydrogens is 240 g/mol. The Morgan fingerprint density at radius 1 is 1.06 bits per heavy atom. The van der Waals surface area contributed by atoms with Gasteiger partial charge in [-0.25, -0.2) is 0 Å². The first kappa shape index (κ1) is 13.1. The van der Waals surface area contributed by atoms with Gasteiger partial charge in [0.15, 0.2) is 0 Å². The molecule has 1 fully saturated rings. The minimum atomic E-state index is -1.30. The fourth-order valence-corrected chi connectivity index (χ4v) is 1.67. The minimum Gasteiger partial charge on any atom is -0.497 e. The second-order valence-electron chi connectivity index (χ2n) is 4.04. The molecule has 6 nitrogen and oxygen atoms in total. The zero-order valence-electron chi connectivity index (χ0n) is 9.89. The molecule has 6 heteroatoms. The summed E-state index contributed by atoms with van der Waals surface area (Å²) in [5.41, 5.74) is 0. The molecule has 1 aromatic carbocycles. The van der Waals surface area contributed by atoms with E-state index < -0.39 is 24.6 Å². The van der Waals surface area contributed by atoms with Crippen LogP contribution in [0.4, 0.5) is 0 Å². The van der Waals surface area contributed by atoms with Crippen molar-refractivity contribution in [3.63, 3.8) is 0 Å². The monoisotopic (exact) mass is 256 g/mol. The largest absolute Gasteiger partial charge is 0.497 e. The molecule has 4 atom stereocenters. The molecular formula is C12H16O6. The van der Waals surface area contributed by atoms with Crippen molar-refractivity contribution in [1.82, 2.24) is 0 Å². The third-order valence-electron chi connectivity index (χ3n) is 2.77. The van der Waals surface area contributed by atoms with Crippen LogP contribution < -0.4 is 9.47 Å². The standard InChI is InChI=1S/C12H16O6/c1-16-7-2-4-8(5-3-7)18-12-11(15)10(14)9(13)6-17-12/h2-5,9-15H,6H2,1H3/t9-,10+,11-,12-/m1/s1. The zero-order valence-corrected chi connectivity index (χ0v) is 9.89. The Labute approximate surface area is 104 Å². The van der Waals surface area contributed by atoms with E-state index in [1.165, 1.54) is 0 Å². The molecule has 0 radical (unpaired) electrons. The average Bonchev–Trinajstić information content (AvgIpc) is 2.40. The third-order valence-corrected chi connectivity index (χ3v) is 2.77. The second kappa shape index (κ2) is 5.53. The van der Waals surface area contributed by atoms with Crippen molar-refractivity contribution >= 4 is 0 Å². The summed E-state index contributed by atoms with van der Waals surface area (Å²) in [4.78, 5) is 0. The lowest BCUT2D eigenvalue weighted by Gasteiger charge is -2.34. The fraction of sp³-hybridized carbons (Fsp3) is 0.500. The number of methoxy groups -OCH3 is 1. The quantitative estimate of drug-likeness (QED) is 0.676. The van der Waals surface area contributed by atoms with Crippen LogP contribution in [0.5, 0.6) is 11.5 Å². The van der Waals surface area contributed by atoms with Gasteiger partial charge in [0.1, 0.15) is 29.8 Å². The lowest BCUT2D eigenvalue weighted by Crippen LogP contribution is -2.54. The number of aliphatic hydroxyl groups excluding tert-OH is 3. The predicted octanol–water partition coefficient (Wildman–Crippen LogP) is -0.487. The van der Waals surface area contributed by atoms with Gasteiger partial charge in [-0.3, -0.25) is 0 Å². The van der Waals surface area contributed by atoms with Gasteiger partial charge < -0.3 is 29.5 Å². The highest BCUT2D eigenvalue weighted by Crippen LogP contribution is 2.22. The van der Waals surface area contributed by atoms with E-state index in [9.17, 15) is 15.3 Å². The van der Waals surface area contributed by atoms with Crippen molar-refractivity contribution in [1.29, 1.82) is 0 Å². The van der Waals surface area contributed by atoms with Crippen molar-refractivity contribution in [2.45, 2.75) is 24.6 Å². The van der Waals surface area contributed by atoms with E-state index in [4.69, 9.17) is 14.2 Å². The van der Waals surface area contributed by atoms with Crippen molar-refractivity contribution in [3.05, 3.63) is 24.3 Å². The summed E-state index contributed by atoms with van der Waals surface area (Å²) in [5, 5.41) is 28.5. The summed E-state index contributed by atoms with van der Waals surface area (Å²) in [6.45, 7) is -0.0843. The van der Waals surface area contributed by atoms with Gasteiger partial charge in [-0.1, -0.05) is 0 Å². The number of hydrogen-bond donors (Lipinski definition) is 3. The molecule has 0 bridgehead atoms. The van der Waals surface area contributed by atoms with E-state index in [2.05, 4.69) is 0 Å². The highest BCUT2D eigenvalue weighted by atomic mass is 16.7. The van der Waals surface area contributed by atoms with Crippen LogP contribution in [-0.2, 0) is 4.74 Å². The van der Waals surface area contributed by atoms with Crippen LogP contribution in [0.1, 0.15) is 0 Å². The van der Waals surface area contributed by atoms with E-state index in [0.29, 0.717) is 11.5 Å². The molecule has 18 heavy (non-hydrogen) atoms. The molecule has 3 N–H and O–H groups in total. The molecule has 1 aliphatic heterocycles. The third kappa shape index (κ3) is 2.73. The van der Waals surface area contributed by atoms with Gasteiger partial charge in [0.2, 0.25) is 6.29 Å². The lowest BCUT2D eigenvalue weighted by atomic mass is 10.1. The van der Waals surface area contributed by atoms with Crippen molar-refractivity contribution in [2.75, 3.05) is 13.7 Å². The molecule has 1 aromatic rings. The first-order chi connectivity index (χ1) is 8.61. The van der Waals surface area contributed by atoms with E-state index >= 15 is 0 Å². The summed E-state index contributed by atoms with van der Waals surface area (Å²) in [6.07, 6.45) is -4.68. The number of benzene rings is 1. The number of rotatable bonds is 3. The molecule has 1 saturated heterocycles. The van der Waals surface area contributed by atoms with Crippen molar-refractivity contribution in [2.24, 2.45) is 0 Å². The smallest absolute Gasteiger partial charge is 0.228 e. The van der Waals surface area contributed by atoms with Crippen LogP contribution in [0, 0.1) is 0 Å². The van der Waals surface area contributed by atoms with Crippen LogP contribution in [0.25, 0.3) is 0 Å². The number of hydrogen-bond acceptors (Lipinski definition) is 6. The normalized spacial score (nSPS) is 32.0. The molecule has 1 heterocycles. The van der Waals surface area contributed by atoms with E-state index in [1.807, 2.05) is 0 Å². The van der Waals surface area contributed by atoms with Crippen LogP contribution in [-0.4, -0.2) is 53.6 Å². The Bertz CT molecular complexity index is 379. The Morgan fingerprint density at radius 3 is 2.28 bits per heavy atom. The maximum atomic E-state index is 9.69. The summed E-state index contributed by atoms with van der Waals surface area (Å²) in [7, 11) is 1.56. The van der Waals surface area contributed by atoms with Gasteiger partial charge in [-0.05, 0) is 24.3 Å². The molecule has 0 spiro atoms. The lowest BCUT2D eigenvalue weighted by molar-refractivity contribution is -0.242. The summed E-state index contributed by atoms with van der Waals surface area (Å²) < 4.78 is 15.5. The van der Waals surface area contributed by atoms with E-state index in [-0.39, 0.29) is 6.61 Å². The first-order valence-electron chi connectivity index (χ1n) is 5.58. The number of ether oxygens (including phenoxy) is 3. The van der Waals surface area contributed by atoms with Crippen LogP contribution in [0.15, 0.2) is 24.3 Å². The van der Waals surface area contributed by atoms with Crippen molar-refractivity contribution < 1.29 is 29.5 Å². The van der Waals surface area contributed by atoms with Gasteiger partial charge in [-0.15, -0.1) is 0 Å². The van der Waals surface area contributed by atoms with Crippen LogP contribution in [0.3, 0.4) is 0 Å². The van der Waals surface area contributed by atoms with Gasteiger partial charge in [0.05, 0.1) is 13.7 Å². The molecule has 0 aliphatic carbocycles. The highest BCUT2D eigenvalue weighted by Gasteiger charge is 2.38. The second-order valence-corrected chi connectivity index (χ2v) is 4.04. The summed E-state index contributed by atoms with van der Waals surface area (Å²) >= 11 is 0. The highest BCUT2D eigenvalue weighted by molar-refractivity contribution is 5.31. The maximum Gasteiger partial charge on any atom is 0.228 e. The topological polar surface area (TPSA) is 88.4 Å².